The first-order chi connectivity index (χ1) is 12.3. The van der Waals surface area contributed by atoms with Gasteiger partial charge in [0.15, 0.2) is 0 Å². The maximum absolute atomic E-state index is 12.4. The predicted molar refractivity (Wildman–Crippen MR) is 92.8 cm³/mol. The van der Waals surface area contributed by atoms with Gasteiger partial charge >= 0.3 is 0 Å². The smallest absolute Gasteiger partial charge is 0.251 e. The Labute approximate surface area is 146 Å². The van der Waals surface area contributed by atoms with Gasteiger partial charge in [-0.15, -0.1) is 11.3 Å². The molecule has 0 saturated heterocycles. The molecule has 0 bridgehead atoms. The van der Waals surface area contributed by atoms with Crippen LogP contribution < -0.4 is 10.1 Å². The second-order valence-corrected chi connectivity index (χ2v) is 6.00. The molecule has 0 radical (unpaired) electrons. The van der Waals surface area contributed by atoms with Crippen molar-refractivity contribution < 1.29 is 9.53 Å². The van der Waals surface area contributed by atoms with E-state index in [2.05, 4.69) is 20.4 Å². The molecule has 3 aromatic heterocycles. The van der Waals surface area contributed by atoms with E-state index in [-0.39, 0.29) is 5.91 Å². The standard InChI is InChI=1S/C17H13N5O2S/c23-16(19-9-13-10-25-17-20-11-21-22(13)17)12-4-3-5-14(8-12)24-15-6-1-2-7-18-15/h1-8,10-11H,9H2,(H,19,23). The van der Waals surface area contributed by atoms with E-state index in [0.29, 0.717) is 23.7 Å². The number of thiazole rings is 1. The summed E-state index contributed by atoms with van der Waals surface area (Å²) in [6.07, 6.45) is 3.15. The van der Waals surface area contributed by atoms with E-state index in [0.717, 1.165) is 10.7 Å². The number of benzene rings is 1. The number of hydrogen-bond acceptors (Lipinski definition) is 6. The number of fused-ring (bicyclic) bond motifs is 1. The number of pyridine rings is 1. The fourth-order valence-electron chi connectivity index (χ4n) is 2.30. The van der Waals surface area contributed by atoms with E-state index in [1.54, 1.807) is 41.0 Å². The van der Waals surface area contributed by atoms with Crippen LogP contribution in [-0.4, -0.2) is 25.5 Å². The van der Waals surface area contributed by atoms with Gasteiger partial charge in [-0.2, -0.15) is 5.10 Å². The zero-order valence-corrected chi connectivity index (χ0v) is 13.8. The topological polar surface area (TPSA) is 81.4 Å². The van der Waals surface area contributed by atoms with E-state index < -0.39 is 0 Å². The highest BCUT2D eigenvalue weighted by molar-refractivity contribution is 7.15. The molecule has 0 spiro atoms. The lowest BCUT2D eigenvalue weighted by Gasteiger charge is -2.07. The molecule has 0 aliphatic rings. The van der Waals surface area contributed by atoms with Crippen LogP contribution >= 0.6 is 11.3 Å². The van der Waals surface area contributed by atoms with Gasteiger partial charge in [0.2, 0.25) is 10.8 Å². The van der Waals surface area contributed by atoms with Crippen molar-refractivity contribution in [1.29, 1.82) is 0 Å². The van der Waals surface area contributed by atoms with Crippen molar-refractivity contribution in [3.63, 3.8) is 0 Å². The zero-order chi connectivity index (χ0) is 17.1. The summed E-state index contributed by atoms with van der Waals surface area (Å²) in [5, 5.41) is 8.94. The van der Waals surface area contributed by atoms with Gasteiger partial charge in [0, 0.05) is 23.2 Å². The Morgan fingerprint density at radius 2 is 2.16 bits per heavy atom. The molecule has 0 saturated carbocycles. The van der Waals surface area contributed by atoms with Gasteiger partial charge in [-0.3, -0.25) is 4.79 Å². The molecule has 124 valence electrons. The summed E-state index contributed by atoms with van der Waals surface area (Å²) < 4.78 is 7.37. The molecule has 0 aliphatic heterocycles. The van der Waals surface area contributed by atoms with Crippen LogP contribution in [-0.2, 0) is 6.54 Å². The molecular formula is C17H13N5O2S. The number of nitrogens with one attached hydrogen (secondary N) is 1. The second kappa shape index (κ2) is 6.70. The quantitative estimate of drug-likeness (QED) is 0.598. The number of ether oxygens (including phenoxy) is 1. The van der Waals surface area contributed by atoms with Crippen molar-refractivity contribution in [2.24, 2.45) is 0 Å². The average Bonchev–Trinajstić information content (AvgIpc) is 3.25. The van der Waals surface area contributed by atoms with E-state index in [1.807, 2.05) is 17.5 Å². The zero-order valence-electron chi connectivity index (χ0n) is 13.0. The number of aromatic nitrogens is 4. The molecule has 1 N–H and O–H groups in total. The van der Waals surface area contributed by atoms with Crippen LogP contribution in [0.2, 0.25) is 0 Å². The van der Waals surface area contributed by atoms with Crippen LogP contribution in [0.5, 0.6) is 11.6 Å². The van der Waals surface area contributed by atoms with Gasteiger partial charge in [0.1, 0.15) is 12.1 Å². The summed E-state index contributed by atoms with van der Waals surface area (Å²) >= 11 is 1.48. The van der Waals surface area contributed by atoms with Gasteiger partial charge in [-0.05, 0) is 24.3 Å². The monoisotopic (exact) mass is 351 g/mol. The van der Waals surface area contributed by atoms with E-state index in [4.69, 9.17) is 4.74 Å². The summed E-state index contributed by atoms with van der Waals surface area (Å²) in [4.78, 5) is 21.4. The van der Waals surface area contributed by atoms with Crippen LogP contribution in [0, 0.1) is 0 Å². The molecule has 4 aromatic rings. The number of carbonyl (C=O) groups is 1. The Kier molecular flexibility index (Phi) is 4.09. The Balaban J connectivity index is 1.45. The van der Waals surface area contributed by atoms with Crippen LogP contribution in [0.15, 0.2) is 60.4 Å². The minimum absolute atomic E-state index is 0.189. The summed E-state index contributed by atoms with van der Waals surface area (Å²) in [6, 6.07) is 12.4. The largest absolute Gasteiger partial charge is 0.439 e. The third-order valence-electron chi connectivity index (χ3n) is 3.48. The lowest BCUT2D eigenvalue weighted by Crippen LogP contribution is -2.23. The van der Waals surface area contributed by atoms with Crippen molar-refractivity contribution in [3.05, 3.63) is 71.6 Å². The van der Waals surface area contributed by atoms with Crippen molar-refractivity contribution >= 4 is 22.2 Å². The van der Waals surface area contributed by atoms with Crippen molar-refractivity contribution in [2.75, 3.05) is 0 Å². The predicted octanol–water partition coefficient (Wildman–Crippen LogP) is 2.91. The average molecular weight is 351 g/mol. The lowest BCUT2D eigenvalue weighted by molar-refractivity contribution is 0.0950. The summed E-state index contributed by atoms with van der Waals surface area (Å²) in [5.74, 6) is 0.846. The number of rotatable bonds is 5. The first kappa shape index (κ1) is 15.3. The summed E-state index contributed by atoms with van der Waals surface area (Å²) in [7, 11) is 0. The Morgan fingerprint density at radius 3 is 3.04 bits per heavy atom. The minimum atomic E-state index is -0.189. The number of amides is 1. The van der Waals surface area contributed by atoms with Crippen LogP contribution in [0.3, 0.4) is 0 Å². The van der Waals surface area contributed by atoms with E-state index in [1.165, 1.54) is 17.7 Å². The fraction of sp³-hybridized carbons (Fsp3) is 0.0588. The van der Waals surface area contributed by atoms with Gasteiger partial charge in [-0.1, -0.05) is 12.1 Å². The molecule has 3 heterocycles. The first-order valence-electron chi connectivity index (χ1n) is 7.53. The molecule has 25 heavy (non-hydrogen) atoms. The summed E-state index contributed by atoms with van der Waals surface area (Å²) in [5.41, 5.74) is 1.39. The normalized spacial score (nSPS) is 10.7. The molecule has 8 heteroatoms. The van der Waals surface area contributed by atoms with Gasteiger partial charge in [0.25, 0.3) is 5.91 Å². The highest BCUT2D eigenvalue weighted by Gasteiger charge is 2.10. The van der Waals surface area contributed by atoms with Crippen LogP contribution in [0.4, 0.5) is 0 Å². The Morgan fingerprint density at radius 1 is 1.20 bits per heavy atom. The number of carbonyl (C=O) groups excluding carboxylic acids is 1. The Bertz CT molecular complexity index is 1010. The molecule has 0 unspecified atom stereocenters. The minimum Gasteiger partial charge on any atom is -0.439 e. The van der Waals surface area contributed by atoms with Crippen molar-refractivity contribution in [1.82, 2.24) is 24.9 Å². The second-order valence-electron chi connectivity index (χ2n) is 5.16. The molecule has 4 rings (SSSR count). The third-order valence-corrected chi connectivity index (χ3v) is 4.35. The SMILES string of the molecule is O=C(NCc1csc2ncnn12)c1cccc(Oc2ccccn2)c1. The highest BCUT2D eigenvalue weighted by Crippen LogP contribution is 2.20. The molecule has 7 nitrogen and oxygen atoms in total. The molecule has 0 fully saturated rings. The summed E-state index contributed by atoms with van der Waals surface area (Å²) in [6.45, 7) is 0.369. The first-order valence-corrected chi connectivity index (χ1v) is 8.41. The van der Waals surface area contributed by atoms with Crippen LogP contribution in [0.25, 0.3) is 4.96 Å². The van der Waals surface area contributed by atoms with Crippen molar-refractivity contribution in [2.45, 2.75) is 6.54 Å². The van der Waals surface area contributed by atoms with E-state index >= 15 is 0 Å². The highest BCUT2D eigenvalue weighted by atomic mass is 32.1. The lowest BCUT2D eigenvalue weighted by atomic mass is 10.2. The van der Waals surface area contributed by atoms with Crippen LogP contribution in [0.1, 0.15) is 16.1 Å². The number of nitrogens with zero attached hydrogens (tertiary/aromatic N) is 4. The maximum atomic E-state index is 12.4. The molecule has 0 aliphatic carbocycles. The fourth-order valence-corrected chi connectivity index (χ4v) is 3.09. The molecule has 1 amide bonds. The molecular weight excluding hydrogens is 338 g/mol. The number of hydrogen-bond donors (Lipinski definition) is 1. The third kappa shape index (κ3) is 3.33. The van der Waals surface area contributed by atoms with E-state index in [9.17, 15) is 4.79 Å². The molecule has 1 aromatic carbocycles. The van der Waals surface area contributed by atoms with Gasteiger partial charge in [-0.25, -0.2) is 14.5 Å². The van der Waals surface area contributed by atoms with Crippen molar-refractivity contribution in [3.8, 4) is 11.6 Å². The Hall–Kier alpha value is -3.26. The molecule has 0 atom stereocenters. The van der Waals surface area contributed by atoms with Gasteiger partial charge < -0.3 is 10.1 Å². The van der Waals surface area contributed by atoms with Gasteiger partial charge in [0.05, 0.1) is 12.2 Å². The maximum Gasteiger partial charge on any atom is 0.251 e.